The van der Waals surface area contributed by atoms with E-state index in [0.29, 0.717) is 18.5 Å². The number of nitrogens with one attached hydrogen (secondary N) is 2. The first-order valence-corrected chi connectivity index (χ1v) is 6.83. The number of carbonyl (C=O) groups is 2. The van der Waals surface area contributed by atoms with Crippen molar-refractivity contribution in [2.75, 3.05) is 5.32 Å². The molecule has 0 aliphatic heterocycles. The van der Waals surface area contributed by atoms with Gasteiger partial charge < -0.3 is 15.7 Å². The molecule has 20 heavy (non-hydrogen) atoms. The summed E-state index contributed by atoms with van der Waals surface area (Å²) < 4.78 is 0. The molecule has 0 saturated heterocycles. The molecule has 110 valence electrons. The Morgan fingerprint density at radius 2 is 1.90 bits per heavy atom. The van der Waals surface area contributed by atoms with E-state index in [1.165, 1.54) is 6.92 Å². The first kappa shape index (κ1) is 16.0. The Morgan fingerprint density at radius 1 is 1.25 bits per heavy atom. The lowest BCUT2D eigenvalue weighted by molar-refractivity contribution is -0.143. The number of hydrogen-bond donors (Lipinski definition) is 3. The second-order valence-corrected chi connectivity index (χ2v) is 4.98. The summed E-state index contributed by atoms with van der Waals surface area (Å²) in [6.07, 6.45) is 1.85. The van der Waals surface area contributed by atoms with Gasteiger partial charge >= 0.3 is 12.0 Å². The maximum Gasteiger partial charge on any atom is 0.329 e. The molecule has 1 unspecified atom stereocenters. The van der Waals surface area contributed by atoms with Crippen molar-refractivity contribution in [2.45, 2.75) is 45.6 Å². The van der Waals surface area contributed by atoms with Crippen molar-refractivity contribution in [2.24, 2.45) is 0 Å². The zero-order valence-electron chi connectivity index (χ0n) is 12.2. The third kappa shape index (κ3) is 3.98. The van der Waals surface area contributed by atoms with E-state index in [1.807, 2.05) is 32.0 Å². The molecule has 0 bridgehead atoms. The van der Waals surface area contributed by atoms with E-state index in [0.717, 1.165) is 12.0 Å². The van der Waals surface area contributed by atoms with Crippen LogP contribution < -0.4 is 10.6 Å². The first-order valence-electron chi connectivity index (χ1n) is 6.83. The van der Waals surface area contributed by atoms with Crippen LogP contribution in [-0.2, 0) is 11.2 Å². The summed E-state index contributed by atoms with van der Waals surface area (Å²) in [6.45, 7) is 5.40. The predicted octanol–water partition coefficient (Wildman–Crippen LogP) is 3.01. The zero-order chi connectivity index (χ0) is 15.2. The standard InChI is InChI=1S/C15H22N2O3/c1-4-10-15(3,13(18)19)17-14(20)16-12-9-7-6-8-11(12)5-2/h6-9H,4-5,10H2,1-3H3,(H,18,19)(H2,16,17,20). The van der Waals surface area contributed by atoms with Crippen LogP contribution in [-0.4, -0.2) is 22.6 Å². The van der Waals surface area contributed by atoms with Gasteiger partial charge in [-0.25, -0.2) is 9.59 Å². The minimum atomic E-state index is -1.25. The molecule has 0 spiro atoms. The van der Waals surface area contributed by atoms with Crippen LogP contribution in [0.5, 0.6) is 0 Å². The highest BCUT2D eigenvalue weighted by atomic mass is 16.4. The third-order valence-electron chi connectivity index (χ3n) is 3.26. The highest BCUT2D eigenvalue weighted by Crippen LogP contribution is 2.17. The lowest BCUT2D eigenvalue weighted by Gasteiger charge is -2.26. The monoisotopic (exact) mass is 278 g/mol. The van der Waals surface area contributed by atoms with E-state index in [-0.39, 0.29) is 0 Å². The van der Waals surface area contributed by atoms with Gasteiger partial charge in [-0.15, -0.1) is 0 Å². The van der Waals surface area contributed by atoms with Crippen molar-refractivity contribution in [1.82, 2.24) is 5.32 Å². The summed E-state index contributed by atoms with van der Waals surface area (Å²) in [7, 11) is 0. The summed E-state index contributed by atoms with van der Waals surface area (Å²) in [5.74, 6) is -1.03. The Kier molecular flexibility index (Phi) is 5.55. The van der Waals surface area contributed by atoms with E-state index in [2.05, 4.69) is 10.6 Å². The fraction of sp³-hybridized carbons (Fsp3) is 0.467. The number of carboxylic acids is 1. The molecule has 5 nitrogen and oxygen atoms in total. The van der Waals surface area contributed by atoms with Gasteiger partial charge in [0.05, 0.1) is 0 Å². The number of carboxylic acid groups (broad SMARTS) is 1. The highest BCUT2D eigenvalue weighted by molar-refractivity contribution is 5.94. The normalized spacial score (nSPS) is 13.3. The van der Waals surface area contributed by atoms with Gasteiger partial charge in [-0.3, -0.25) is 0 Å². The Bertz CT molecular complexity index is 488. The smallest absolute Gasteiger partial charge is 0.329 e. The van der Waals surface area contributed by atoms with E-state index >= 15 is 0 Å². The van der Waals surface area contributed by atoms with Gasteiger partial charge in [-0.05, 0) is 31.4 Å². The van der Waals surface area contributed by atoms with Gasteiger partial charge in [-0.2, -0.15) is 0 Å². The van der Waals surface area contributed by atoms with Crippen molar-refractivity contribution in [3.63, 3.8) is 0 Å². The van der Waals surface area contributed by atoms with E-state index in [9.17, 15) is 14.7 Å². The summed E-state index contributed by atoms with van der Waals surface area (Å²) in [5, 5.41) is 14.5. The summed E-state index contributed by atoms with van der Waals surface area (Å²) in [4.78, 5) is 23.3. The van der Waals surface area contributed by atoms with Crippen molar-refractivity contribution in [1.29, 1.82) is 0 Å². The second kappa shape index (κ2) is 6.93. The fourth-order valence-electron chi connectivity index (χ4n) is 2.08. The lowest BCUT2D eigenvalue weighted by atomic mass is 9.96. The molecule has 0 radical (unpaired) electrons. The van der Waals surface area contributed by atoms with Crippen molar-refractivity contribution in [3.8, 4) is 0 Å². The van der Waals surface area contributed by atoms with Crippen molar-refractivity contribution < 1.29 is 14.7 Å². The molecule has 0 aliphatic carbocycles. The highest BCUT2D eigenvalue weighted by Gasteiger charge is 2.33. The van der Waals surface area contributed by atoms with E-state index in [4.69, 9.17) is 0 Å². The number of aryl methyl sites for hydroxylation is 1. The molecule has 1 atom stereocenters. The Hall–Kier alpha value is -2.04. The molecule has 5 heteroatoms. The van der Waals surface area contributed by atoms with Crippen LogP contribution in [0, 0.1) is 0 Å². The topological polar surface area (TPSA) is 78.4 Å². The number of urea groups is 1. The quantitative estimate of drug-likeness (QED) is 0.748. The maximum atomic E-state index is 12.0. The molecular formula is C15H22N2O3. The van der Waals surface area contributed by atoms with Crippen molar-refractivity contribution >= 4 is 17.7 Å². The predicted molar refractivity (Wildman–Crippen MR) is 78.9 cm³/mol. The molecular weight excluding hydrogens is 256 g/mol. The summed E-state index contributed by atoms with van der Waals surface area (Å²) >= 11 is 0. The average molecular weight is 278 g/mol. The van der Waals surface area contributed by atoms with Gasteiger partial charge in [0, 0.05) is 5.69 Å². The molecule has 1 aromatic rings. The SMILES string of the molecule is CCCC(C)(NC(=O)Nc1ccccc1CC)C(=O)O. The minimum Gasteiger partial charge on any atom is -0.480 e. The van der Waals surface area contributed by atoms with Gasteiger partial charge in [0.25, 0.3) is 0 Å². The second-order valence-electron chi connectivity index (χ2n) is 4.98. The number of para-hydroxylation sites is 1. The molecule has 0 saturated carbocycles. The van der Waals surface area contributed by atoms with Crippen LogP contribution >= 0.6 is 0 Å². The largest absolute Gasteiger partial charge is 0.480 e. The van der Waals surface area contributed by atoms with Gasteiger partial charge in [0.1, 0.15) is 5.54 Å². The van der Waals surface area contributed by atoms with Gasteiger partial charge in [-0.1, -0.05) is 38.5 Å². The number of amides is 2. The van der Waals surface area contributed by atoms with Gasteiger partial charge in [0.15, 0.2) is 0 Å². The van der Waals surface area contributed by atoms with E-state index < -0.39 is 17.5 Å². The van der Waals surface area contributed by atoms with Crippen LogP contribution in [0.15, 0.2) is 24.3 Å². The fourth-order valence-corrected chi connectivity index (χ4v) is 2.08. The molecule has 0 fully saturated rings. The van der Waals surface area contributed by atoms with E-state index in [1.54, 1.807) is 6.07 Å². The molecule has 0 heterocycles. The average Bonchev–Trinajstić information content (AvgIpc) is 2.39. The Balaban J connectivity index is 2.78. The van der Waals surface area contributed by atoms with Crippen molar-refractivity contribution in [3.05, 3.63) is 29.8 Å². The molecule has 2 amide bonds. The number of hydrogen-bond acceptors (Lipinski definition) is 2. The molecule has 0 aromatic heterocycles. The first-order chi connectivity index (χ1) is 9.42. The number of rotatable bonds is 6. The van der Waals surface area contributed by atoms with Crippen LogP contribution in [0.4, 0.5) is 10.5 Å². The third-order valence-corrected chi connectivity index (χ3v) is 3.26. The number of benzene rings is 1. The molecule has 0 aliphatic rings. The van der Waals surface area contributed by atoms with Crippen LogP contribution in [0.2, 0.25) is 0 Å². The minimum absolute atomic E-state index is 0.380. The summed E-state index contributed by atoms with van der Waals surface area (Å²) in [6, 6.07) is 6.97. The Morgan fingerprint density at radius 3 is 2.45 bits per heavy atom. The van der Waals surface area contributed by atoms with Crippen LogP contribution in [0.3, 0.4) is 0 Å². The lowest BCUT2D eigenvalue weighted by Crippen LogP contribution is -2.53. The number of carbonyl (C=O) groups excluding carboxylic acids is 1. The number of aliphatic carboxylic acids is 1. The summed E-state index contributed by atoms with van der Waals surface area (Å²) in [5.41, 5.74) is 0.465. The van der Waals surface area contributed by atoms with Crippen LogP contribution in [0.1, 0.15) is 39.2 Å². The zero-order valence-corrected chi connectivity index (χ0v) is 12.2. The van der Waals surface area contributed by atoms with Gasteiger partial charge in [0.2, 0.25) is 0 Å². The number of anilines is 1. The Labute approximate surface area is 119 Å². The molecule has 1 aromatic carbocycles. The molecule has 3 N–H and O–H groups in total. The maximum absolute atomic E-state index is 12.0. The molecule has 1 rings (SSSR count). The van der Waals surface area contributed by atoms with Crippen LogP contribution in [0.25, 0.3) is 0 Å².